The van der Waals surface area contributed by atoms with Gasteiger partial charge in [-0.05, 0) is 24.8 Å². The lowest BCUT2D eigenvalue weighted by Gasteiger charge is -2.23. The molecule has 0 aliphatic carbocycles. The average molecular weight is 238 g/mol. The van der Waals surface area contributed by atoms with E-state index in [0.29, 0.717) is 24.5 Å². The van der Waals surface area contributed by atoms with Gasteiger partial charge >= 0.3 is 0 Å². The Morgan fingerprint density at radius 2 is 2.29 bits per heavy atom. The quantitative estimate of drug-likeness (QED) is 0.863. The molecular weight excluding hydrogens is 219 g/mol. The fourth-order valence-electron chi connectivity index (χ4n) is 2.23. The average Bonchev–Trinajstić information content (AvgIpc) is 2.73. The molecule has 1 fully saturated rings. The van der Waals surface area contributed by atoms with E-state index < -0.39 is 0 Å². The number of nitrogens with two attached hydrogens (primary N) is 1. The summed E-state index contributed by atoms with van der Waals surface area (Å²) in [6.07, 6.45) is 3.01. The molecule has 1 aliphatic heterocycles. The van der Waals surface area contributed by atoms with Gasteiger partial charge in [-0.25, -0.2) is 14.4 Å². The molecule has 2 heterocycles. The molecule has 5 heteroatoms. The minimum Gasteiger partial charge on any atom is -0.353 e. The lowest BCUT2D eigenvalue weighted by atomic mass is 9.90. The Hall–Kier alpha value is -1.23. The van der Waals surface area contributed by atoms with Crippen LogP contribution in [-0.2, 0) is 6.42 Å². The van der Waals surface area contributed by atoms with Crippen molar-refractivity contribution in [2.45, 2.75) is 26.7 Å². The first-order valence-electron chi connectivity index (χ1n) is 6.04. The summed E-state index contributed by atoms with van der Waals surface area (Å²) in [5, 5.41) is 0. The number of halogens is 1. The first-order valence-corrected chi connectivity index (χ1v) is 6.04. The minimum absolute atomic E-state index is 0.0732. The van der Waals surface area contributed by atoms with Crippen molar-refractivity contribution in [3.8, 4) is 0 Å². The topological polar surface area (TPSA) is 55.0 Å². The van der Waals surface area contributed by atoms with Gasteiger partial charge in [-0.3, -0.25) is 0 Å². The van der Waals surface area contributed by atoms with E-state index in [1.54, 1.807) is 0 Å². The predicted molar refractivity (Wildman–Crippen MR) is 65.4 cm³/mol. The zero-order valence-electron chi connectivity index (χ0n) is 10.4. The molecule has 0 bridgehead atoms. The Morgan fingerprint density at radius 1 is 1.53 bits per heavy atom. The zero-order chi connectivity index (χ0) is 12.5. The van der Waals surface area contributed by atoms with Crippen molar-refractivity contribution < 1.29 is 4.39 Å². The Morgan fingerprint density at radius 3 is 2.88 bits per heavy atom. The molecule has 1 aliphatic rings. The van der Waals surface area contributed by atoms with E-state index in [-0.39, 0.29) is 11.2 Å². The predicted octanol–water partition coefficient (Wildman–Crippen LogP) is 1.35. The fourth-order valence-corrected chi connectivity index (χ4v) is 2.23. The second-order valence-electron chi connectivity index (χ2n) is 5.00. The maximum absolute atomic E-state index is 14.1. The van der Waals surface area contributed by atoms with Crippen LogP contribution in [0, 0.1) is 11.2 Å². The fraction of sp³-hybridized carbons (Fsp3) is 0.667. The van der Waals surface area contributed by atoms with E-state index in [4.69, 9.17) is 5.73 Å². The smallest absolute Gasteiger partial charge is 0.187 e. The molecule has 1 atom stereocenters. The number of hydrogen-bond donors (Lipinski definition) is 1. The number of hydrogen-bond acceptors (Lipinski definition) is 4. The summed E-state index contributed by atoms with van der Waals surface area (Å²) in [6, 6.07) is 0. The van der Waals surface area contributed by atoms with Crippen LogP contribution in [-0.4, -0.2) is 29.6 Å². The Labute approximate surface area is 101 Å². The van der Waals surface area contributed by atoms with E-state index in [1.807, 2.05) is 11.8 Å². The molecule has 2 rings (SSSR count). The van der Waals surface area contributed by atoms with Crippen molar-refractivity contribution in [3.63, 3.8) is 0 Å². The maximum Gasteiger partial charge on any atom is 0.187 e. The van der Waals surface area contributed by atoms with Crippen molar-refractivity contribution in [2.75, 3.05) is 24.5 Å². The molecule has 94 valence electrons. The van der Waals surface area contributed by atoms with Crippen molar-refractivity contribution >= 4 is 5.82 Å². The summed E-state index contributed by atoms with van der Waals surface area (Å²) in [7, 11) is 0. The number of nitrogens with zero attached hydrogens (tertiary/aromatic N) is 3. The zero-order valence-corrected chi connectivity index (χ0v) is 10.4. The molecule has 4 nitrogen and oxygen atoms in total. The third-order valence-electron chi connectivity index (χ3n) is 3.53. The molecular formula is C12H19FN4. The van der Waals surface area contributed by atoms with Crippen LogP contribution >= 0.6 is 0 Å². The van der Waals surface area contributed by atoms with Gasteiger partial charge in [0.05, 0.1) is 5.69 Å². The van der Waals surface area contributed by atoms with Gasteiger partial charge in [-0.2, -0.15) is 0 Å². The van der Waals surface area contributed by atoms with E-state index in [0.717, 1.165) is 19.5 Å². The van der Waals surface area contributed by atoms with E-state index >= 15 is 0 Å². The monoisotopic (exact) mass is 238 g/mol. The second kappa shape index (κ2) is 4.56. The third kappa shape index (κ3) is 2.24. The summed E-state index contributed by atoms with van der Waals surface area (Å²) in [5.74, 6) is 0.144. The molecule has 0 spiro atoms. The summed E-state index contributed by atoms with van der Waals surface area (Å²) in [6.45, 7) is 6.22. The largest absolute Gasteiger partial charge is 0.353 e. The van der Waals surface area contributed by atoms with Crippen LogP contribution in [0.2, 0.25) is 0 Å². The molecule has 1 unspecified atom stereocenters. The molecule has 2 N–H and O–H groups in total. The van der Waals surface area contributed by atoms with Crippen LogP contribution in [0.5, 0.6) is 0 Å². The molecule has 0 saturated carbocycles. The summed E-state index contributed by atoms with van der Waals surface area (Å²) < 4.78 is 14.1. The number of aromatic nitrogens is 2. The molecule has 0 radical (unpaired) electrons. The van der Waals surface area contributed by atoms with Gasteiger partial charge in [-0.1, -0.05) is 13.8 Å². The van der Waals surface area contributed by atoms with Crippen LogP contribution in [0.1, 0.15) is 26.0 Å². The molecule has 1 saturated heterocycles. The van der Waals surface area contributed by atoms with Crippen molar-refractivity contribution in [1.29, 1.82) is 0 Å². The van der Waals surface area contributed by atoms with Crippen molar-refractivity contribution in [2.24, 2.45) is 11.1 Å². The minimum atomic E-state index is -0.281. The number of rotatable bonds is 3. The standard InChI is InChI=1S/C12H19FN4/c1-3-9-10(13)11(16-8-15-9)17-5-4-12(2,6-14)7-17/h8H,3-7,14H2,1-2H3. The molecule has 0 amide bonds. The number of anilines is 1. The van der Waals surface area contributed by atoms with Gasteiger partial charge in [0.1, 0.15) is 6.33 Å². The lowest BCUT2D eigenvalue weighted by Crippen LogP contribution is -2.32. The first kappa shape index (κ1) is 12.2. The Bertz CT molecular complexity index is 409. The first-order chi connectivity index (χ1) is 8.09. The van der Waals surface area contributed by atoms with Gasteiger partial charge in [0.25, 0.3) is 0 Å². The number of aryl methyl sites for hydroxylation is 1. The molecule has 0 aromatic carbocycles. The van der Waals surface area contributed by atoms with Crippen LogP contribution < -0.4 is 10.6 Å². The molecule has 17 heavy (non-hydrogen) atoms. The van der Waals surface area contributed by atoms with Gasteiger partial charge in [0.2, 0.25) is 0 Å². The van der Waals surface area contributed by atoms with E-state index in [9.17, 15) is 4.39 Å². The Balaban J connectivity index is 2.25. The maximum atomic E-state index is 14.1. The van der Waals surface area contributed by atoms with Crippen LogP contribution in [0.3, 0.4) is 0 Å². The van der Waals surface area contributed by atoms with Gasteiger partial charge in [0, 0.05) is 13.1 Å². The molecule has 1 aromatic heterocycles. The van der Waals surface area contributed by atoms with Crippen LogP contribution in [0.25, 0.3) is 0 Å². The highest BCUT2D eigenvalue weighted by Gasteiger charge is 2.34. The van der Waals surface area contributed by atoms with Crippen molar-refractivity contribution in [1.82, 2.24) is 9.97 Å². The lowest BCUT2D eigenvalue weighted by molar-refractivity contribution is 0.383. The highest BCUT2D eigenvalue weighted by Crippen LogP contribution is 2.32. The summed E-state index contributed by atoms with van der Waals surface area (Å²) >= 11 is 0. The van der Waals surface area contributed by atoms with Crippen molar-refractivity contribution in [3.05, 3.63) is 17.8 Å². The van der Waals surface area contributed by atoms with Gasteiger partial charge in [-0.15, -0.1) is 0 Å². The highest BCUT2D eigenvalue weighted by atomic mass is 19.1. The normalized spacial score (nSPS) is 24.4. The third-order valence-corrected chi connectivity index (χ3v) is 3.53. The van der Waals surface area contributed by atoms with Crippen LogP contribution in [0.15, 0.2) is 6.33 Å². The summed E-state index contributed by atoms with van der Waals surface area (Å²) in [4.78, 5) is 9.99. The SMILES string of the molecule is CCc1ncnc(N2CCC(C)(CN)C2)c1F. The second-order valence-corrected chi connectivity index (χ2v) is 5.00. The summed E-state index contributed by atoms with van der Waals surface area (Å²) in [5.41, 5.74) is 6.31. The molecule has 1 aromatic rings. The van der Waals surface area contributed by atoms with E-state index in [1.165, 1.54) is 6.33 Å². The highest BCUT2D eigenvalue weighted by molar-refractivity contribution is 5.42. The van der Waals surface area contributed by atoms with Gasteiger partial charge in [0.15, 0.2) is 11.6 Å². The van der Waals surface area contributed by atoms with E-state index in [2.05, 4.69) is 16.9 Å². The van der Waals surface area contributed by atoms with Gasteiger partial charge < -0.3 is 10.6 Å². The Kier molecular flexibility index (Phi) is 3.28. The van der Waals surface area contributed by atoms with Crippen LogP contribution in [0.4, 0.5) is 10.2 Å².